The maximum atomic E-state index is 4.66. The van der Waals surface area contributed by atoms with Crippen LogP contribution in [-0.4, -0.2) is 48.7 Å². The molecule has 0 unspecified atom stereocenters. The van der Waals surface area contributed by atoms with Gasteiger partial charge in [0.05, 0.1) is 0 Å². The fourth-order valence-corrected chi connectivity index (χ4v) is 3.27. The van der Waals surface area contributed by atoms with Crippen LogP contribution in [0.5, 0.6) is 0 Å². The van der Waals surface area contributed by atoms with Crippen molar-refractivity contribution in [1.82, 2.24) is 34.1 Å². The van der Waals surface area contributed by atoms with Gasteiger partial charge < -0.3 is 0 Å². The van der Waals surface area contributed by atoms with Crippen molar-refractivity contribution in [1.29, 1.82) is 0 Å². The monoisotopic (exact) mass is 359 g/mol. The van der Waals surface area contributed by atoms with Gasteiger partial charge in [0.15, 0.2) is 0 Å². The average Bonchev–Trinajstić information content (AvgIpc) is 3.18. The molecule has 3 heterocycles. The molecule has 0 radical (unpaired) electrons. The molecule has 3 aromatic heterocycles. The van der Waals surface area contributed by atoms with Crippen molar-refractivity contribution >= 4 is 19.3 Å². The molecule has 0 atom stereocenters. The first kappa shape index (κ1) is 14.9. The average molecular weight is 359 g/mol. The zero-order valence-electron chi connectivity index (χ0n) is 13.0. The van der Waals surface area contributed by atoms with Crippen LogP contribution in [0.25, 0.3) is 11.9 Å². The quantitative estimate of drug-likeness (QED) is 0.657. The van der Waals surface area contributed by atoms with Crippen LogP contribution in [0, 0.1) is 0 Å². The van der Waals surface area contributed by atoms with Gasteiger partial charge in [0, 0.05) is 0 Å². The van der Waals surface area contributed by atoms with E-state index in [0.29, 0.717) is 17.8 Å². The molecule has 0 spiro atoms. The summed E-state index contributed by atoms with van der Waals surface area (Å²) in [5.41, 5.74) is 4.42. The molecule has 0 aliphatic carbocycles. The Morgan fingerprint density at radius 1 is 1.00 bits per heavy atom. The number of hydrogen-bond donors (Lipinski definition) is 0. The molecule has 0 saturated heterocycles. The van der Waals surface area contributed by atoms with Gasteiger partial charge in [0.1, 0.15) is 0 Å². The van der Waals surface area contributed by atoms with Crippen molar-refractivity contribution in [3.05, 3.63) is 36.9 Å². The van der Waals surface area contributed by atoms with Crippen LogP contribution in [0.3, 0.4) is 0 Å². The van der Waals surface area contributed by atoms with E-state index in [1.54, 1.807) is 23.3 Å². The fraction of sp³-hybridized carbons (Fsp3) is 0.357. The second-order valence-electron chi connectivity index (χ2n) is 5.41. The van der Waals surface area contributed by atoms with Crippen LogP contribution < -0.4 is 4.61 Å². The molecular formula is C14H18AsN7. The number of rotatable bonds is 4. The Morgan fingerprint density at radius 3 is 2.41 bits per heavy atom. The van der Waals surface area contributed by atoms with Crippen LogP contribution in [-0.2, 0) is 0 Å². The van der Waals surface area contributed by atoms with Gasteiger partial charge in [-0.05, 0) is 0 Å². The zero-order chi connectivity index (χ0) is 15.7. The van der Waals surface area contributed by atoms with Crippen molar-refractivity contribution in [2.24, 2.45) is 0 Å². The van der Waals surface area contributed by atoms with E-state index < -0.39 is 14.7 Å². The molecule has 114 valence electrons. The Bertz CT molecular complexity index is 761. The topological polar surface area (TPSA) is 74.3 Å². The van der Waals surface area contributed by atoms with Gasteiger partial charge in [0.2, 0.25) is 0 Å². The van der Waals surface area contributed by atoms with Crippen molar-refractivity contribution in [2.75, 3.05) is 0 Å². The van der Waals surface area contributed by atoms with Crippen LogP contribution >= 0.6 is 0 Å². The van der Waals surface area contributed by atoms with Crippen molar-refractivity contribution in [3.63, 3.8) is 0 Å². The molecule has 3 aromatic rings. The third-order valence-corrected chi connectivity index (χ3v) is 5.23. The van der Waals surface area contributed by atoms with E-state index in [1.165, 1.54) is 0 Å². The van der Waals surface area contributed by atoms with Crippen molar-refractivity contribution < 1.29 is 0 Å². The van der Waals surface area contributed by atoms with Crippen LogP contribution in [0.2, 0.25) is 11.4 Å². The van der Waals surface area contributed by atoms with Gasteiger partial charge in [-0.15, -0.1) is 0 Å². The van der Waals surface area contributed by atoms with E-state index in [-0.39, 0.29) is 0 Å². The number of nitrogens with zero attached hydrogens (tertiary/aromatic N) is 7. The number of aromatic nitrogens is 7. The zero-order valence-corrected chi connectivity index (χ0v) is 14.9. The first-order valence-electron chi connectivity index (χ1n) is 7.01. The van der Waals surface area contributed by atoms with E-state index in [0.717, 1.165) is 10.4 Å². The minimum absolute atomic E-state index is 0.295. The van der Waals surface area contributed by atoms with E-state index in [4.69, 9.17) is 0 Å². The Labute approximate surface area is 133 Å². The minimum atomic E-state index is -1.23. The van der Waals surface area contributed by atoms with E-state index in [9.17, 15) is 0 Å². The third-order valence-electron chi connectivity index (χ3n) is 3.14. The van der Waals surface area contributed by atoms with Gasteiger partial charge in [-0.25, -0.2) is 0 Å². The normalized spacial score (nSPS) is 11.5. The predicted octanol–water partition coefficient (Wildman–Crippen LogP) is 1.33. The molecule has 0 N–H and O–H groups in total. The summed E-state index contributed by atoms with van der Waals surface area (Å²) in [5.74, 6) is 2.46. The molecule has 0 amide bonds. The summed E-state index contributed by atoms with van der Waals surface area (Å²) in [4.78, 5) is 22.3. The molecular weight excluding hydrogens is 341 g/mol. The second-order valence-corrected chi connectivity index (χ2v) is 10.0. The molecule has 3 rings (SSSR count). The summed E-state index contributed by atoms with van der Waals surface area (Å²) < 4.78 is 4.64. The van der Waals surface area contributed by atoms with Crippen molar-refractivity contribution in [3.8, 4) is 11.9 Å². The Morgan fingerprint density at radius 2 is 1.77 bits per heavy atom. The van der Waals surface area contributed by atoms with Gasteiger partial charge in [0.25, 0.3) is 0 Å². The van der Waals surface area contributed by atoms with E-state index in [1.807, 2.05) is 17.0 Å². The number of hydrogen-bond acceptors (Lipinski definition) is 5. The van der Waals surface area contributed by atoms with Gasteiger partial charge >= 0.3 is 133 Å². The fourth-order valence-electron chi connectivity index (χ4n) is 2.06. The summed E-state index contributed by atoms with van der Waals surface area (Å²) >= 11 is -1.23. The SMILES string of the molecule is CC(C)c1nccn1-c1nc(-n2ccnc2)nc([As](C)C)n1. The first-order valence-corrected chi connectivity index (χ1v) is 11.7. The predicted molar refractivity (Wildman–Crippen MR) is 85.3 cm³/mol. The molecule has 0 aliphatic heterocycles. The molecule has 0 fully saturated rings. The summed E-state index contributed by atoms with van der Waals surface area (Å²) in [6, 6.07) is 0. The molecule has 22 heavy (non-hydrogen) atoms. The Balaban J connectivity index is 2.17. The van der Waals surface area contributed by atoms with Gasteiger partial charge in [-0.3, -0.25) is 0 Å². The molecule has 0 aliphatic rings. The van der Waals surface area contributed by atoms with Crippen LogP contribution in [0.15, 0.2) is 31.1 Å². The summed E-state index contributed by atoms with van der Waals surface area (Å²) in [6.45, 7) is 4.21. The maximum absolute atomic E-state index is 4.66. The molecule has 8 heteroatoms. The third kappa shape index (κ3) is 2.81. The second kappa shape index (κ2) is 6.00. The summed E-state index contributed by atoms with van der Waals surface area (Å²) in [5, 5.41) is 0. The van der Waals surface area contributed by atoms with Gasteiger partial charge in [-0.2, -0.15) is 0 Å². The standard InChI is InChI=1S/C14H18AsN7/c1-10(2)11-17-6-8-22(11)14-19-12(15(3)4)18-13(20-14)21-7-5-16-9-21/h5-10H,1-4H3. The van der Waals surface area contributed by atoms with Gasteiger partial charge in [-0.1, -0.05) is 0 Å². The van der Waals surface area contributed by atoms with Crippen LogP contribution in [0.1, 0.15) is 25.6 Å². The molecule has 0 aromatic carbocycles. The molecule has 0 saturated carbocycles. The summed E-state index contributed by atoms with van der Waals surface area (Å²) in [6.07, 6.45) is 8.93. The Hall–Kier alpha value is -2.01. The Kier molecular flexibility index (Phi) is 4.07. The van der Waals surface area contributed by atoms with Crippen LogP contribution in [0.4, 0.5) is 0 Å². The first-order chi connectivity index (χ1) is 10.6. The summed E-state index contributed by atoms with van der Waals surface area (Å²) in [7, 11) is 0. The molecule has 7 nitrogen and oxygen atoms in total. The number of imidazole rings is 2. The van der Waals surface area contributed by atoms with E-state index in [2.05, 4.69) is 50.2 Å². The van der Waals surface area contributed by atoms with E-state index >= 15 is 0 Å². The molecule has 0 bridgehead atoms. The van der Waals surface area contributed by atoms with Crippen molar-refractivity contribution in [2.45, 2.75) is 31.2 Å².